The molecule has 9 aromatic carbocycles. The van der Waals surface area contributed by atoms with E-state index in [9.17, 15) is 0 Å². The maximum Gasteiger partial charge on any atom is 0.142 e. The highest BCUT2D eigenvalue weighted by atomic mass is 16.3. The molecule has 4 aliphatic carbocycles. The second-order valence-corrected chi connectivity index (χ2v) is 20.7. The zero-order chi connectivity index (χ0) is 46.2. The Balaban J connectivity index is 0.897. The van der Waals surface area contributed by atoms with Gasteiger partial charge in [-0.2, -0.15) is 0 Å². The Morgan fingerprint density at radius 1 is 0.391 bits per heavy atom. The molecule has 2 heteroatoms. The number of nitrogens with zero attached hydrogens (tertiary/aromatic N) is 1. The minimum Gasteiger partial charge on any atom is -0.460 e. The highest BCUT2D eigenvalue weighted by Crippen LogP contribution is 2.62. The first-order chi connectivity index (χ1) is 33.7. The topological polar surface area (TPSA) is 16.4 Å². The lowest BCUT2D eigenvalue weighted by Gasteiger charge is -2.46. The Bertz CT molecular complexity index is 3730. The minimum absolute atomic E-state index is 0.128. The largest absolute Gasteiger partial charge is 0.460 e. The van der Waals surface area contributed by atoms with Gasteiger partial charge in [0.15, 0.2) is 0 Å². The van der Waals surface area contributed by atoms with E-state index in [4.69, 9.17) is 4.42 Å². The van der Waals surface area contributed by atoms with Crippen molar-refractivity contribution in [2.75, 3.05) is 4.90 Å². The zero-order valence-corrected chi connectivity index (χ0v) is 39.5. The molecule has 0 saturated heterocycles. The Hall–Kier alpha value is -7.94. The molecule has 0 bridgehead atoms. The molecule has 69 heavy (non-hydrogen) atoms. The van der Waals surface area contributed by atoms with E-state index in [2.05, 4.69) is 245 Å². The van der Waals surface area contributed by atoms with E-state index >= 15 is 0 Å². The Morgan fingerprint density at radius 3 is 1.59 bits per heavy atom. The van der Waals surface area contributed by atoms with Crippen LogP contribution in [0.25, 0.3) is 61.6 Å². The van der Waals surface area contributed by atoms with Crippen molar-refractivity contribution in [3.8, 4) is 44.5 Å². The van der Waals surface area contributed by atoms with Gasteiger partial charge in [-0.3, -0.25) is 0 Å². The summed E-state index contributed by atoms with van der Waals surface area (Å²) in [5.74, 6) is 1.09. The van der Waals surface area contributed by atoms with E-state index in [1.807, 2.05) is 0 Å². The summed E-state index contributed by atoms with van der Waals surface area (Å²) < 4.78 is 6.58. The van der Waals surface area contributed by atoms with Crippen LogP contribution in [0.2, 0.25) is 0 Å². The van der Waals surface area contributed by atoms with Crippen LogP contribution in [-0.2, 0) is 22.7 Å². The molecule has 0 saturated carbocycles. The lowest BCUT2D eigenvalue weighted by molar-refractivity contribution is 0.547. The van der Waals surface area contributed by atoms with Gasteiger partial charge in [0.25, 0.3) is 0 Å². The fourth-order valence-corrected chi connectivity index (χ4v) is 13.1. The highest BCUT2D eigenvalue weighted by molar-refractivity contribution is 5.99. The van der Waals surface area contributed by atoms with Crippen molar-refractivity contribution >= 4 is 34.1 Å². The fourth-order valence-electron chi connectivity index (χ4n) is 13.1. The summed E-state index contributed by atoms with van der Waals surface area (Å²) in [5, 5.41) is 1.19. The summed E-state index contributed by atoms with van der Waals surface area (Å²) in [6, 6.07) is 75.6. The second kappa shape index (κ2) is 14.5. The first-order valence-corrected chi connectivity index (χ1v) is 24.6. The predicted octanol–water partition coefficient (Wildman–Crippen LogP) is 17.5. The van der Waals surface area contributed by atoms with Crippen LogP contribution >= 0.6 is 0 Å². The van der Waals surface area contributed by atoms with Crippen molar-refractivity contribution < 1.29 is 4.42 Å². The number of benzene rings is 9. The van der Waals surface area contributed by atoms with Crippen LogP contribution < -0.4 is 4.90 Å². The van der Waals surface area contributed by atoms with Crippen LogP contribution in [0, 0.1) is 0 Å². The molecule has 1 spiro atoms. The number of para-hydroxylation sites is 1. The number of hydrogen-bond acceptors (Lipinski definition) is 2. The van der Waals surface area contributed by atoms with Gasteiger partial charge in [-0.15, -0.1) is 0 Å². The van der Waals surface area contributed by atoms with E-state index in [0.29, 0.717) is 0 Å². The first kappa shape index (κ1) is 40.2. The van der Waals surface area contributed by atoms with Crippen LogP contribution in [0.5, 0.6) is 0 Å². The summed E-state index contributed by atoms with van der Waals surface area (Å²) in [6.45, 7) is 9.51. The van der Waals surface area contributed by atoms with Crippen LogP contribution in [0.15, 0.2) is 211 Å². The molecule has 4 aliphatic rings. The zero-order valence-electron chi connectivity index (χ0n) is 39.5. The molecule has 10 aromatic rings. The van der Waals surface area contributed by atoms with Gasteiger partial charge in [0.1, 0.15) is 11.3 Å². The summed E-state index contributed by atoms with van der Waals surface area (Å²) in [4.78, 5) is 2.43. The quantitative estimate of drug-likeness (QED) is 0.171. The number of furan rings is 1. The number of hydrogen-bond donors (Lipinski definition) is 0. The second-order valence-electron chi connectivity index (χ2n) is 20.7. The number of anilines is 3. The summed E-state index contributed by atoms with van der Waals surface area (Å²) in [7, 11) is 0. The van der Waals surface area contributed by atoms with Crippen LogP contribution in [0.3, 0.4) is 0 Å². The molecule has 1 aromatic heterocycles. The van der Waals surface area contributed by atoms with Gasteiger partial charge < -0.3 is 9.32 Å². The molecule has 0 aliphatic heterocycles. The lowest BCUT2D eigenvalue weighted by Crippen LogP contribution is -2.40. The average molecular weight is 886 g/mol. The van der Waals surface area contributed by atoms with Crippen LogP contribution in [0.1, 0.15) is 89.9 Å². The van der Waals surface area contributed by atoms with Gasteiger partial charge in [-0.1, -0.05) is 198 Å². The van der Waals surface area contributed by atoms with Crippen LogP contribution in [-0.4, -0.2) is 0 Å². The van der Waals surface area contributed by atoms with Gasteiger partial charge in [-0.05, 0) is 132 Å². The molecule has 0 fully saturated rings. The average Bonchev–Trinajstić information content (AvgIpc) is 4.00. The maximum atomic E-state index is 6.58. The molecule has 330 valence electrons. The molecular weight excluding hydrogens is 835 g/mol. The van der Waals surface area contributed by atoms with E-state index in [1.165, 1.54) is 88.8 Å². The summed E-state index contributed by atoms with van der Waals surface area (Å²) in [6.07, 6.45) is 6.45. The SMILES string of the molecule is CC1(C)c2ccccc2-c2ccc(N(c3ccc(-c4ccc5c(c4)C4(c6ccccc6-5)c5ccccc5C(C)(C)c5ccccc54)cc3)c3ccc(-c4cccc5c6c(oc45)CCC=C6)cc3)cc21. The van der Waals surface area contributed by atoms with Crippen molar-refractivity contribution in [1.29, 1.82) is 0 Å². The van der Waals surface area contributed by atoms with Gasteiger partial charge in [-0.25, -0.2) is 0 Å². The third-order valence-electron chi connectivity index (χ3n) is 16.4. The minimum atomic E-state index is -0.437. The van der Waals surface area contributed by atoms with Crippen molar-refractivity contribution in [2.45, 2.75) is 56.8 Å². The Labute approximate surface area is 404 Å². The molecule has 0 unspecified atom stereocenters. The van der Waals surface area contributed by atoms with Gasteiger partial charge in [0.05, 0.1) is 5.41 Å². The summed E-state index contributed by atoms with van der Waals surface area (Å²) in [5.41, 5.74) is 25.8. The molecule has 0 N–H and O–H groups in total. The smallest absolute Gasteiger partial charge is 0.142 e. The van der Waals surface area contributed by atoms with Crippen molar-refractivity contribution in [3.63, 3.8) is 0 Å². The molecular formula is C67H51NO. The highest BCUT2D eigenvalue weighted by Gasteiger charge is 2.53. The third-order valence-corrected chi connectivity index (χ3v) is 16.4. The van der Waals surface area contributed by atoms with Crippen molar-refractivity contribution in [2.24, 2.45) is 0 Å². The van der Waals surface area contributed by atoms with E-state index in [-0.39, 0.29) is 10.8 Å². The summed E-state index contributed by atoms with van der Waals surface area (Å²) >= 11 is 0. The molecule has 0 radical (unpaired) electrons. The predicted molar refractivity (Wildman–Crippen MR) is 286 cm³/mol. The van der Waals surface area contributed by atoms with E-state index in [1.54, 1.807) is 0 Å². The lowest BCUT2D eigenvalue weighted by atomic mass is 9.55. The third kappa shape index (κ3) is 5.55. The fraction of sp³-hybridized carbons (Fsp3) is 0.134. The molecule has 14 rings (SSSR count). The normalized spacial score (nSPS) is 15.7. The first-order valence-electron chi connectivity index (χ1n) is 24.6. The molecule has 0 atom stereocenters. The number of rotatable bonds is 5. The van der Waals surface area contributed by atoms with Gasteiger partial charge in [0.2, 0.25) is 0 Å². The Morgan fingerprint density at radius 2 is 0.899 bits per heavy atom. The molecule has 2 nitrogen and oxygen atoms in total. The van der Waals surface area contributed by atoms with Gasteiger partial charge in [0, 0.05) is 50.8 Å². The molecule has 0 amide bonds. The standard InChI is InChI=1S/C67H51NO/c1-65(2)55-21-8-5-16-49(55)51-39-37-47(41-61(51)65)68(46-35-30-43(31-36-46)48-19-15-20-54-53-18-7-14-27-63(53)69-64(48)54)45-33-28-42(29-34-45)44-32-38-52-50-17-6-9-22-56(50)67(62(52)40-44)59-25-12-10-23-57(59)66(3,4)58-24-11-13-26-60(58)67/h5-13,15-26,28-41H,14,27H2,1-4H3. The molecule has 1 heterocycles. The number of allylic oxidation sites excluding steroid dienone is 1. The van der Waals surface area contributed by atoms with Crippen molar-refractivity contribution in [3.05, 3.63) is 262 Å². The van der Waals surface area contributed by atoms with Gasteiger partial charge >= 0.3 is 0 Å². The maximum absolute atomic E-state index is 6.58. The number of aryl methyl sites for hydroxylation is 1. The van der Waals surface area contributed by atoms with E-state index in [0.717, 1.165) is 52.4 Å². The monoisotopic (exact) mass is 885 g/mol. The van der Waals surface area contributed by atoms with Crippen LogP contribution in [0.4, 0.5) is 17.1 Å². The Kier molecular flexibility index (Phi) is 8.46. The van der Waals surface area contributed by atoms with E-state index < -0.39 is 5.41 Å². The van der Waals surface area contributed by atoms with Crippen molar-refractivity contribution in [1.82, 2.24) is 0 Å². The number of fused-ring (bicyclic) bond motifs is 15.